The van der Waals surface area contributed by atoms with Gasteiger partial charge in [0.25, 0.3) is 0 Å². The normalized spacial score (nSPS) is 12.5. The van der Waals surface area contributed by atoms with Crippen molar-refractivity contribution in [3.8, 4) is 0 Å². The average Bonchev–Trinajstić information content (AvgIpc) is 2.34. The Kier molecular flexibility index (Phi) is 6.38. The predicted octanol–water partition coefficient (Wildman–Crippen LogP) is 3.52. The molecular weight excluding hydrogens is 298 g/mol. The molecule has 1 atom stereocenters. The minimum atomic E-state index is 0.0777. The van der Waals surface area contributed by atoms with Crippen molar-refractivity contribution >= 4 is 33.4 Å². The van der Waals surface area contributed by atoms with Gasteiger partial charge < -0.3 is 10.0 Å². The van der Waals surface area contributed by atoms with E-state index >= 15 is 0 Å². The number of hydrogen-bond donors (Lipinski definition) is 1. The van der Waals surface area contributed by atoms with Crippen LogP contribution in [0.1, 0.15) is 18.9 Å². The third-order valence-corrected chi connectivity index (χ3v) is 4.13. The molecule has 0 aromatic heterocycles. The van der Waals surface area contributed by atoms with Gasteiger partial charge >= 0.3 is 0 Å². The van der Waals surface area contributed by atoms with Crippen LogP contribution < -0.4 is 4.90 Å². The second kappa shape index (κ2) is 7.29. The van der Waals surface area contributed by atoms with Crippen LogP contribution in [0.3, 0.4) is 0 Å². The van der Waals surface area contributed by atoms with Crippen LogP contribution in [0.4, 0.5) is 5.69 Å². The highest BCUT2D eigenvalue weighted by molar-refractivity contribution is 9.10. The third-order valence-electron chi connectivity index (χ3n) is 2.99. The lowest BCUT2D eigenvalue weighted by molar-refractivity contribution is 0.282. The first-order valence-electron chi connectivity index (χ1n) is 5.71. The number of aliphatic hydroxyl groups is 1. The SMILES string of the molecule is CSCCC(C)N(C)c1ccc(Br)cc1CO. The maximum Gasteiger partial charge on any atom is 0.0702 e. The van der Waals surface area contributed by atoms with Gasteiger partial charge in [-0.25, -0.2) is 0 Å². The molecule has 96 valence electrons. The Hall–Kier alpha value is -0.190. The zero-order valence-corrected chi connectivity index (χ0v) is 13.0. The number of thioether (sulfide) groups is 1. The van der Waals surface area contributed by atoms with E-state index in [0.29, 0.717) is 6.04 Å². The van der Waals surface area contributed by atoms with Crippen molar-refractivity contribution in [3.63, 3.8) is 0 Å². The maximum atomic E-state index is 9.40. The molecule has 0 bridgehead atoms. The minimum absolute atomic E-state index is 0.0777. The predicted molar refractivity (Wildman–Crippen MR) is 80.9 cm³/mol. The fourth-order valence-electron chi connectivity index (χ4n) is 1.74. The van der Waals surface area contributed by atoms with Crippen LogP contribution in [0.25, 0.3) is 0 Å². The number of benzene rings is 1. The van der Waals surface area contributed by atoms with Crippen molar-refractivity contribution in [2.75, 3.05) is 24.0 Å². The summed E-state index contributed by atoms with van der Waals surface area (Å²) < 4.78 is 1.01. The quantitative estimate of drug-likeness (QED) is 0.868. The van der Waals surface area contributed by atoms with Gasteiger partial charge in [0.15, 0.2) is 0 Å². The van der Waals surface area contributed by atoms with Crippen molar-refractivity contribution in [2.24, 2.45) is 0 Å². The largest absolute Gasteiger partial charge is 0.392 e. The molecule has 0 aliphatic heterocycles. The highest BCUT2D eigenvalue weighted by Crippen LogP contribution is 2.26. The molecule has 0 radical (unpaired) electrons. The van der Waals surface area contributed by atoms with Gasteiger partial charge in [0.05, 0.1) is 6.61 Å². The van der Waals surface area contributed by atoms with Crippen LogP contribution in [0.5, 0.6) is 0 Å². The number of aliphatic hydroxyl groups excluding tert-OH is 1. The Balaban J connectivity index is 2.83. The van der Waals surface area contributed by atoms with E-state index < -0.39 is 0 Å². The number of anilines is 1. The van der Waals surface area contributed by atoms with Crippen LogP contribution in [0, 0.1) is 0 Å². The third kappa shape index (κ3) is 4.19. The zero-order chi connectivity index (χ0) is 12.8. The monoisotopic (exact) mass is 317 g/mol. The Morgan fingerprint density at radius 3 is 2.76 bits per heavy atom. The van der Waals surface area contributed by atoms with Gasteiger partial charge in [-0.3, -0.25) is 0 Å². The first-order chi connectivity index (χ1) is 8.10. The topological polar surface area (TPSA) is 23.5 Å². The fourth-order valence-corrected chi connectivity index (χ4v) is 2.73. The molecule has 1 N–H and O–H groups in total. The number of hydrogen-bond acceptors (Lipinski definition) is 3. The molecule has 0 fully saturated rings. The lowest BCUT2D eigenvalue weighted by Gasteiger charge is -2.28. The molecule has 2 nitrogen and oxygen atoms in total. The molecule has 1 aromatic carbocycles. The molecule has 0 heterocycles. The Morgan fingerprint density at radius 1 is 1.47 bits per heavy atom. The molecule has 0 saturated heterocycles. The highest BCUT2D eigenvalue weighted by Gasteiger charge is 2.13. The summed E-state index contributed by atoms with van der Waals surface area (Å²) in [5.41, 5.74) is 2.09. The molecule has 4 heteroatoms. The summed E-state index contributed by atoms with van der Waals surface area (Å²) in [5.74, 6) is 1.16. The zero-order valence-electron chi connectivity index (χ0n) is 10.6. The summed E-state index contributed by atoms with van der Waals surface area (Å²) in [6.07, 6.45) is 3.28. The van der Waals surface area contributed by atoms with E-state index in [9.17, 15) is 5.11 Å². The first-order valence-corrected chi connectivity index (χ1v) is 7.90. The summed E-state index contributed by atoms with van der Waals surface area (Å²) in [7, 11) is 2.09. The summed E-state index contributed by atoms with van der Waals surface area (Å²) in [4.78, 5) is 2.24. The second-order valence-corrected chi connectivity index (χ2v) is 6.07. The van der Waals surface area contributed by atoms with Crippen LogP contribution in [0.2, 0.25) is 0 Å². The van der Waals surface area contributed by atoms with Gasteiger partial charge in [-0.1, -0.05) is 15.9 Å². The van der Waals surface area contributed by atoms with Gasteiger partial charge in [-0.2, -0.15) is 11.8 Å². The van der Waals surface area contributed by atoms with Crippen LogP contribution >= 0.6 is 27.7 Å². The average molecular weight is 318 g/mol. The number of rotatable bonds is 6. The second-order valence-electron chi connectivity index (χ2n) is 4.17. The number of halogens is 1. The van der Waals surface area contributed by atoms with Crippen LogP contribution in [0.15, 0.2) is 22.7 Å². The van der Waals surface area contributed by atoms with Crippen molar-refractivity contribution in [2.45, 2.75) is 26.0 Å². The lowest BCUT2D eigenvalue weighted by Crippen LogP contribution is -2.30. The van der Waals surface area contributed by atoms with E-state index in [2.05, 4.69) is 47.1 Å². The molecule has 1 rings (SSSR count). The van der Waals surface area contributed by atoms with Gasteiger partial charge in [0, 0.05) is 28.8 Å². The Labute approximate surface area is 117 Å². The molecule has 0 amide bonds. The van der Waals surface area contributed by atoms with Crippen LogP contribution in [-0.2, 0) is 6.61 Å². The summed E-state index contributed by atoms with van der Waals surface area (Å²) >= 11 is 5.30. The molecular formula is C13H20BrNOS. The van der Waals surface area contributed by atoms with Gasteiger partial charge in [0.2, 0.25) is 0 Å². The van der Waals surface area contributed by atoms with Gasteiger partial charge in [-0.05, 0) is 43.6 Å². The molecule has 0 aliphatic rings. The molecule has 17 heavy (non-hydrogen) atoms. The first kappa shape index (κ1) is 14.9. The van der Waals surface area contributed by atoms with E-state index in [1.807, 2.05) is 23.9 Å². The van der Waals surface area contributed by atoms with Crippen molar-refractivity contribution in [3.05, 3.63) is 28.2 Å². The summed E-state index contributed by atoms with van der Waals surface area (Å²) in [5, 5.41) is 9.40. The van der Waals surface area contributed by atoms with E-state index in [1.165, 1.54) is 0 Å². The van der Waals surface area contributed by atoms with Crippen LogP contribution in [-0.4, -0.2) is 30.2 Å². The fraction of sp³-hybridized carbons (Fsp3) is 0.538. The van der Waals surface area contributed by atoms with Crippen molar-refractivity contribution < 1.29 is 5.11 Å². The molecule has 0 saturated carbocycles. The van der Waals surface area contributed by atoms with E-state index in [1.54, 1.807) is 0 Å². The number of nitrogens with zero attached hydrogens (tertiary/aromatic N) is 1. The van der Waals surface area contributed by atoms with Crippen molar-refractivity contribution in [1.29, 1.82) is 0 Å². The summed E-state index contributed by atoms with van der Waals surface area (Å²) in [6, 6.07) is 6.54. The lowest BCUT2D eigenvalue weighted by atomic mass is 10.1. The smallest absolute Gasteiger partial charge is 0.0702 e. The molecule has 1 aromatic rings. The van der Waals surface area contributed by atoms with E-state index in [-0.39, 0.29) is 6.61 Å². The maximum absolute atomic E-state index is 9.40. The van der Waals surface area contributed by atoms with Gasteiger partial charge in [-0.15, -0.1) is 0 Å². The Bertz CT molecular complexity index is 359. The molecule has 1 unspecified atom stereocenters. The Morgan fingerprint density at radius 2 is 2.18 bits per heavy atom. The molecule has 0 spiro atoms. The highest BCUT2D eigenvalue weighted by atomic mass is 79.9. The minimum Gasteiger partial charge on any atom is -0.392 e. The summed E-state index contributed by atoms with van der Waals surface area (Å²) in [6.45, 7) is 2.30. The van der Waals surface area contributed by atoms with Gasteiger partial charge in [0.1, 0.15) is 0 Å². The molecule has 0 aliphatic carbocycles. The van der Waals surface area contributed by atoms with E-state index in [0.717, 1.165) is 27.9 Å². The van der Waals surface area contributed by atoms with E-state index in [4.69, 9.17) is 0 Å². The van der Waals surface area contributed by atoms with Crippen molar-refractivity contribution in [1.82, 2.24) is 0 Å². The standard InChI is InChI=1S/C13H20BrNOS/c1-10(6-7-17-3)15(2)13-5-4-12(14)8-11(13)9-16/h4-5,8,10,16H,6-7,9H2,1-3H3.